The SMILES string of the molecule is CC(C)(C#N)C(=O)Nc1ccc2ncccc2c1. The van der Waals surface area contributed by atoms with Crippen LogP contribution in [0.5, 0.6) is 0 Å². The zero-order chi connectivity index (χ0) is 13.2. The summed E-state index contributed by atoms with van der Waals surface area (Å²) in [5, 5.41) is 12.6. The molecule has 1 aromatic heterocycles. The van der Waals surface area contributed by atoms with Crippen LogP contribution in [0.1, 0.15) is 13.8 Å². The molecule has 2 aromatic rings. The smallest absolute Gasteiger partial charge is 0.244 e. The number of nitrogens with zero attached hydrogens (tertiary/aromatic N) is 2. The molecule has 1 aromatic carbocycles. The Hall–Kier alpha value is -2.41. The summed E-state index contributed by atoms with van der Waals surface area (Å²) in [6.07, 6.45) is 1.72. The van der Waals surface area contributed by atoms with E-state index in [1.165, 1.54) is 0 Å². The van der Waals surface area contributed by atoms with Crippen molar-refractivity contribution in [2.75, 3.05) is 5.32 Å². The van der Waals surface area contributed by atoms with Gasteiger partial charge in [0.15, 0.2) is 0 Å². The van der Waals surface area contributed by atoms with Gasteiger partial charge >= 0.3 is 0 Å². The van der Waals surface area contributed by atoms with Crippen molar-refractivity contribution in [2.24, 2.45) is 5.41 Å². The quantitative estimate of drug-likeness (QED) is 0.876. The van der Waals surface area contributed by atoms with Gasteiger partial charge in [-0.1, -0.05) is 6.07 Å². The fraction of sp³-hybridized carbons (Fsp3) is 0.214. The van der Waals surface area contributed by atoms with E-state index in [9.17, 15) is 4.79 Å². The maximum Gasteiger partial charge on any atom is 0.244 e. The Bertz CT molecular complexity index is 641. The Labute approximate surface area is 105 Å². The van der Waals surface area contributed by atoms with Crippen LogP contribution in [0.2, 0.25) is 0 Å². The van der Waals surface area contributed by atoms with E-state index in [0.717, 1.165) is 10.9 Å². The summed E-state index contributed by atoms with van der Waals surface area (Å²) < 4.78 is 0. The van der Waals surface area contributed by atoms with Crippen LogP contribution >= 0.6 is 0 Å². The van der Waals surface area contributed by atoms with Crippen molar-refractivity contribution in [1.82, 2.24) is 4.98 Å². The van der Waals surface area contributed by atoms with Gasteiger partial charge in [-0.2, -0.15) is 5.26 Å². The van der Waals surface area contributed by atoms with Gasteiger partial charge in [0.1, 0.15) is 5.41 Å². The van der Waals surface area contributed by atoms with E-state index in [2.05, 4.69) is 10.3 Å². The van der Waals surface area contributed by atoms with E-state index in [-0.39, 0.29) is 5.91 Å². The zero-order valence-electron chi connectivity index (χ0n) is 10.3. The molecule has 4 nitrogen and oxygen atoms in total. The topological polar surface area (TPSA) is 65.8 Å². The molecule has 1 heterocycles. The Balaban J connectivity index is 2.28. The number of hydrogen-bond acceptors (Lipinski definition) is 3. The van der Waals surface area contributed by atoms with Crippen LogP contribution in [0.4, 0.5) is 5.69 Å². The summed E-state index contributed by atoms with van der Waals surface area (Å²) in [5.41, 5.74) is 0.503. The van der Waals surface area contributed by atoms with Crippen molar-refractivity contribution in [1.29, 1.82) is 5.26 Å². The number of pyridine rings is 1. The fourth-order valence-electron chi connectivity index (χ4n) is 1.49. The fourth-order valence-corrected chi connectivity index (χ4v) is 1.49. The average Bonchev–Trinajstić information content (AvgIpc) is 2.38. The third-order valence-electron chi connectivity index (χ3n) is 2.71. The van der Waals surface area contributed by atoms with E-state index in [0.29, 0.717) is 5.69 Å². The molecule has 2 rings (SSSR count). The van der Waals surface area contributed by atoms with Crippen molar-refractivity contribution in [2.45, 2.75) is 13.8 Å². The van der Waals surface area contributed by atoms with Crippen LogP contribution in [-0.2, 0) is 4.79 Å². The van der Waals surface area contributed by atoms with Gasteiger partial charge in [-0.25, -0.2) is 0 Å². The normalized spacial score (nSPS) is 10.9. The molecular formula is C14H13N3O. The molecule has 1 amide bonds. The molecule has 0 atom stereocenters. The molecule has 18 heavy (non-hydrogen) atoms. The summed E-state index contributed by atoms with van der Waals surface area (Å²) in [4.78, 5) is 16.1. The third kappa shape index (κ3) is 2.30. The van der Waals surface area contributed by atoms with E-state index in [4.69, 9.17) is 5.26 Å². The number of benzene rings is 1. The lowest BCUT2D eigenvalue weighted by Gasteiger charge is -2.15. The Kier molecular flexibility index (Phi) is 2.99. The molecule has 0 bridgehead atoms. The van der Waals surface area contributed by atoms with Gasteiger partial charge in [0, 0.05) is 17.3 Å². The second-order valence-corrected chi connectivity index (χ2v) is 4.60. The number of anilines is 1. The van der Waals surface area contributed by atoms with Crippen LogP contribution in [0.3, 0.4) is 0 Å². The highest BCUT2D eigenvalue weighted by Crippen LogP contribution is 2.20. The highest BCUT2D eigenvalue weighted by atomic mass is 16.2. The van der Waals surface area contributed by atoms with Gasteiger partial charge in [0.25, 0.3) is 0 Å². The Morgan fingerprint density at radius 2 is 2.17 bits per heavy atom. The highest BCUT2D eigenvalue weighted by molar-refractivity contribution is 5.98. The number of nitriles is 1. The molecular weight excluding hydrogens is 226 g/mol. The van der Waals surface area contributed by atoms with Crippen molar-refractivity contribution >= 4 is 22.5 Å². The maximum atomic E-state index is 11.9. The van der Waals surface area contributed by atoms with Crippen LogP contribution in [-0.4, -0.2) is 10.9 Å². The molecule has 4 heteroatoms. The maximum absolute atomic E-state index is 11.9. The number of fused-ring (bicyclic) bond motifs is 1. The minimum absolute atomic E-state index is 0.312. The van der Waals surface area contributed by atoms with Crippen LogP contribution in [0.25, 0.3) is 10.9 Å². The van der Waals surface area contributed by atoms with Crippen molar-refractivity contribution in [3.05, 3.63) is 36.5 Å². The number of nitrogens with one attached hydrogen (secondary N) is 1. The van der Waals surface area contributed by atoms with Crippen molar-refractivity contribution in [3.63, 3.8) is 0 Å². The lowest BCUT2D eigenvalue weighted by molar-refractivity contribution is -0.121. The Morgan fingerprint density at radius 1 is 1.39 bits per heavy atom. The number of hydrogen-bond donors (Lipinski definition) is 1. The van der Waals surface area contributed by atoms with Gasteiger partial charge in [-0.15, -0.1) is 0 Å². The molecule has 1 N–H and O–H groups in total. The summed E-state index contributed by atoms with van der Waals surface area (Å²) >= 11 is 0. The number of rotatable bonds is 2. The van der Waals surface area contributed by atoms with E-state index < -0.39 is 5.41 Å². The van der Waals surface area contributed by atoms with E-state index in [1.807, 2.05) is 30.3 Å². The van der Waals surface area contributed by atoms with Crippen LogP contribution in [0, 0.1) is 16.7 Å². The summed E-state index contributed by atoms with van der Waals surface area (Å²) in [7, 11) is 0. The lowest BCUT2D eigenvalue weighted by Crippen LogP contribution is -2.29. The van der Waals surface area contributed by atoms with Gasteiger partial charge in [-0.3, -0.25) is 9.78 Å². The first-order valence-corrected chi connectivity index (χ1v) is 5.60. The summed E-state index contributed by atoms with van der Waals surface area (Å²) in [5.74, 6) is -0.312. The van der Waals surface area contributed by atoms with Crippen molar-refractivity contribution in [3.8, 4) is 6.07 Å². The number of amides is 1. The summed E-state index contributed by atoms with van der Waals surface area (Å²) in [6, 6.07) is 11.2. The number of carbonyl (C=O) groups excluding carboxylic acids is 1. The molecule has 0 aliphatic rings. The number of carbonyl (C=O) groups is 1. The van der Waals surface area contributed by atoms with Gasteiger partial charge in [0.05, 0.1) is 11.6 Å². The Morgan fingerprint density at radius 3 is 2.89 bits per heavy atom. The van der Waals surface area contributed by atoms with E-state index >= 15 is 0 Å². The molecule has 0 saturated heterocycles. The second kappa shape index (κ2) is 4.46. The van der Waals surface area contributed by atoms with Crippen LogP contribution in [0.15, 0.2) is 36.5 Å². The van der Waals surface area contributed by atoms with Crippen molar-refractivity contribution < 1.29 is 4.79 Å². The molecule has 0 aliphatic carbocycles. The molecule has 0 radical (unpaired) electrons. The largest absolute Gasteiger partial charge is 0.325 e. The van der Waals surface area contributed by atoms with Gasteiger partial charge in [-0.05, 0) is 38.1 Å². The average molecular weight is 239 g/mol. The minimum Gasteiger partial charge on any atom is -0.325 e. The first kappa shape index (κ1) is 12.1. The standard InChI is InChI=1S/C14H13N3O/c1-14(2,9-15)13(18)17-11-5-6-12-10(8-11)4-3-7-16-12/h3-8H,1-2H3,(H,17,18). The van der Waals surface area contributed by atoms with Gasteiger partial charge in [0.2, 0.25) is 5.91 Å². The molecule has 0 fully saturated rings. The number of aromatic nitrogens is 1. The highest BCUT2D eigenvalue weighted by Gasteiger charge is 2.27. The minimum atomic E-state index is -1.04. The lowest BCUT2D eigenvalue weighted by atomic mass is 9.94. The monoisotopic (exact) mass is 239 g/mol. The van der Waals surface area contributed by atoms with Gasteiger partial charge < -0.3 is 5.32 Å². The predicted octanol–water partition coefficient (Wildman–Crippen LogP) is 2.72. The second-order valence-electron chi connectivity index (χ2n) is 4.60. The third-order valence-corrected chi connectivity index (χ3v) is 2.71. The first-order chi connectivity index (χ1) is 8.53. The first-order valence-electron chi connectivity index (χ1n) is 5.60. The zero-order valence-corrected chi connectivity index (χ0v) is 10.3. The molecule has 0 unspecified atom stereocenters. The molecule has 90 valence electrons. The summed E-state index contributed by atoms with van der Waals surface area (Å²) in [6.45, 7) is 3.18. The molecule has 0 aliphatic heterocycles. The predicted molar refractivity (Wildman–Crippen MR) is 69.8 cm³/mol. The molecule has 0 saturated carbocycles. The molecule has 0 spiro atoms. The van der Waals surface area contributed by atoms with Crippen LogP contribution < -0.4 is 5.32 Å². The van der Waals surface area contributed by atoms with E-state index in [1.54, 1.807) is 26.1 Å².